The number of carbonyl (C=O) groups is 1. The monoisotopic (exact) mass is 286 g/mol. The maximum Gasteiger partial charge on any atom is 0.224 e. The SMILES string of the molecule is Cl.NCC1CCCC1NC(=O)Cc1cccc(F)c1. The molecule has 0 aromatic heterocycles. The van der Waals surface area contributed by atoms with E-state index >= 15 is 0 Å². The van der Waals surface area contributed by atoms with Crippen molar-refractivity contribution in [1.82, 2.24) is 5.32 Å². The molecule has 1 aromatic carbocycles. The Hall–Kier alpha value is -1.13. The zero-order valence-electron chi connectivity index (χ0n) is 10.8. The van der Waals surface area contributed by atoms with Crippen LogP contribution in [0.2, 0.25) is 0 Å². The molecule has 2 unspecified atom stereocenters. The van der Waals surface area contributed by atoms with Crippen molar-refractivity contribution in [2.24, 2.45) is 11.7 Å². The molecule has 1 aliphatic rings. The summed E-state index contributed by atoms with van der Waals surface area (Å²) in [6, 6.07) is 6.35. The lowest BCUT2D eigenvalue weighted by molar-refractivity contribution is -0.121. The Morgan fingerprint density at radius 1 is 1.42 bits per heavy atom. The summed E-state index contributed by atoms with van der Waals surface area (Å²) in [6.45, 7) is 0.616. The van der Waals surface area contributed by atoms with Crippen LogP contribution in [0.5, 0.6) is 0 Å². The fourth-order valence-corrected chi connectivity index (χ4v) is 2.60. The number of nitrogens with one attached hydrogen (secondary N) is 1. The van der Waals surface area contributed by atoms with Crippen LogP contribution in [0.1, 0.15) is 24.8 Å². The lowest BCUT2D eigenvalue weighted by atomic mass is 10.0. The van der Waals surface area contributed by atoms with Gasteiger partial charge >= 0.3 is 0 Å². The van der Waals surface area contributed by atoms with Crippen LogP contribution >= 0.6 is 12.4 Å². The van der Waals surface area contributed by atoms with Gasteiger partial charge in [-0.1, -0.05) is 18.6 Å². The van der Waals surface area contributed by atoms with Gasteiger partial charge in [-0.15, -0.1) is 12.4 Å². The zero-order chi connectivity index (χ0) is 13.0. The minimum Gasteiger partial charge on any atom is -0.353 e. The van der Waals surface area contributed by atoms with Crippen LogP contribution in [-0.2, 0) is 11.2 Å². The van der Waals surface area contributed by atoms with E-state index < -0.39 is 0 Å². The highest BCUT2D eigenvalue weighted by Crippen LogP contribution is 2.24. The summed E-state index contributed by atoms with van der Waals surface area (Å²) in [4.78, 5) is 11.9. The third-order valence-corrected chi connectivity index (χ3v) is 3.56. The molecule has 2 rings (SSSR count). The Balaban J connectivity index is 0.00000180. The molecule has 0 bridgehead atoms. The molecule has 1 saturated carbocycles. The van der Waals surface area contributed by atoms with Crippen LogP contribution in [0.25, 0.3) is 0 Å². The number of benzene rings is 1. The Morgan fingerprint density at radius 3 is 2.89 bits per heavy atom. The Morgan fingerprint density at radius 2 is 2.21 bits per heavy atom. The van der Waals surface area contributed by atoms with Crippen LogP contribution in [0.15, 0.2) is 24.3 Å². The number of amides is 1. The number of halogens is 2. The van der Waals surface area contributed by atoms with E-state index in [2.05, 4.69) is 5.32 Å². The molecule has 0 saturated heterocycles. The van der Waals surface area contributed by atoms with Gasteiger partial charge in [-0.05, 0) is 43.0 Å². The first kappa shape index (κ1) is 15.9. The lowest BCUT2D eigenvalue weighted by Crippen LogP contribution is -2.40. The molecule has 0 aliphatic heterocycles. The number of hydrogen-bond acceptors (Lipinski definition) is 2. The number of nitrogens with two attached hydrogens (primary N) is 1. The maximum absolute atomic E-state index is 13.0. The van der Waals surface area contributed by atoms with E-state index in [-0.39, 0.29) is 36.6 Å². The first-order valence-corrected chi connectivity index (χ1v) is 6.43. The van der Waals surface area contributed by atoms with Crippen molar-refractivity contribution in [3.63, 3.8) is 0 Å². The van der Waals surface area contributed by atoms with Gasteiger partial charge in [0.05, 0.1) is 6.42 Å². The quantitative estimate of drug-likeness (QED) is 0.890. The minimum absolute atomic E-state index is 0. The standard InChI is InChI=1S/C14H19FN2O.ClH/c15-12-5-1-3-10(7-12)8-14(18)17-13-6-2-4-11(13)9-16;/h1,3,5,7,11,13H,2,4,6,8-9,16H2,(H,17,18);1H. The predicted molar refractivity (Wildman–Crippen MR) is 75.7 cm³/mol. The largest absolute Gasteiger partial charge is 0.353 e. The normalized spacial score (nSPS) is 21.8. The second-order valence-corrected chi connectivity index (χ2v) is 4.91. The van der Waals surface area contributed by atoms with Crippen molar-refractivity contribution in [1.29, 1.82) is 0 Å². The molecule has 19 heavy (non-hydrogen) atoms. The molecule has 5 heteroatoms. The van der Waals surface area contributed by atoms with Gasteiger partial charge in [0, 0.05) is 6.04 Å². The van der Waals surface area contributed by atoms with Gasteiger partial charge in [-0.3, -0.25) is 4.79 Å². The summed E-state index contributed by atoms with van der Waals surface area (Å²) >= 11 is 0. The van der Waals surface area contributed by atoms with Crippen molar-refractivity contribution in [3.8, 4) is 0 Å². The highest BCUT2D eigenvalue weighted by atomic mass is 35.5. The molecule has 1 amide bonds. The van der Waals surface area contributed by atoms with Crippen molar-refractivity contribution in [2.75, 3.05) is 6.54 Å². The topological polar surface area (TPSA) is 55.1 Å². The van der Waals surface area contributed by atoms with Gasteiger partial charge in [0.15, 0.2) is 0 Å². The van der Waals surface area contributed by atoms with Crippen molar-refractivity contribution in [3.05, 3.63) is 35.6 Å². The van der Waals surface area contributed by atoms with E-state index in [9.17, 15) is 9.18 Å². The van der Waals surface area contributed by atoms with E-state index in [0.29, 0.717) is 18.0 Å². The van der Waals surface area contributed by atoms with Crippen molar-refractivity contribution < 1.29 is 9.18 Å². The highest BCUT2D eigenvalue weighted by Gasteiger charge is 2.27. The fourth-order valence-electron chi connectivity index (χ4n) is 2.60. The van der Waals surface area contributed by atoms with Gasteiger partial charge in [0.25, 0.3) is 0 Å². The van der Waals surface area contributed by atoms with Gasteiger partial charge in [-0.25, -0.2) is 4.39 Å². The summed E-state index contributed by atoms with van der Waals surface area (Å²) in [6.07, 6.45) is 3.43. The molecule has 0 spiro atoms. The van der Waals surface area contributed by atoms with Crippen LogP contribution in [0, 0.1) is 11.7 Å². The predicted octanol–water partition coefficient (Wildman–Crippen LogP) is 2.03. The smallest absolute Gasteiger partial charge is 0.224 e. The van der Waals surface area contributed by atoms with E-state index in [1.807, 2.05) is 0 Å². The molecule has 0 radical (unpaired) electrons. The average molecular weight is 287 g/mol. The van der Waals surface area contributed by atoms with E-state index in [1.165, 1.54) is 12.1 Å². The highest BCUT2D eigenvalue weighted by molar-refractivity contribution is 5.85. The van der Waals surface area contributed by atoms with Crippen molar-refractivity contribution >= 4 is 18.3 Å². The van der Waals surface area contributed by atoms with Gasteiger partial charge in [-0.2, -0.15) is 0 Å². The third kappa shape index (κ3) is 4.48. The van der Waals surface area contributed by atoms with Crippen LogP contribution in [0.4, 0.5) is 4.39 Å². The Kier molecular flexibility index (Phi) is 6.25. The molecule has 3 nitrogen and oxygen atoms in total. The molecular formula is C14H20ClFN2O. The van der Waals surface area contributed by atoms with Crippen LogP contribution in [0.3, 0.4) is 0 Å². The van der Waals surface area contributed by atoms with E-state index in [4.69, 9.17) is 5.73 Å². The summed E-state index contributed by atoms with van der Waals surface area (Å²) in [5.41, 5.74) is 6.37. The number of hydrogen-bond donors (Lipinski definition) is 2. The average Bonchev–Trinajstić information content (AvgIpc) is 2.76. The number of carbonyl (C=O) groups excluding carboxylic acids is 1. The second kappa shape index (κ2) is 7.46. The molecule has 0 heterocycles. The van der Waals surface area contributed by atoms with E-state index in [1.54, 1.807) is 12.1 Å². The van der Waals surface area contributed by atoms with Gasteiger partial charge < -0.3 is 11.1 Å². The summed E-state index contributed by atoms with van der Waals surface area (Å²) in [5.74, 6) is 0.0356. The Bertz CT molecular complexity index is 428. The molecule has 1 fully saturated rings. The first-order chi connectivity index (χ1) is 8.69. The minimum atomic E-state index is -0.305. The zero-order valence-corrected chi connectivity index (χ0v) is 11.6. The van der Waals surface area contributed by atoms with E-state index in [0.717, 1.165) is 19.3 Å². The Labute approximate surface area is 119 Å². The molecule has 2 atom stereocenters. The maximum atomic E-state index is 13.0. The molecular weight excluding hydrogens is 267 g/mol. The fraction of sp³-hybridized carbons (Fsp3) is 0.500. The summed E-state index contributed by atoms with van der Waals surface area (Å²) in [7, 11) is 0. The molecule has 1 aliphatic carbocycles. The van der Waals surface area contributed by atoms with Gasteiger partial charge in [0.1, 0.15) is 5.82 Å². The first-order valence-electron chi connectivity index (χ1n) is 6.43. The third-order valence-electron chi connectivity index (χ3n) is 3.56. The summed E-state index contributed by atoms with van der Waals surface area (Å²) < 4.78 is 13.0. The second-order valence-electron chi connectivity index (χ2n) is 4.91. The summed E-state index contributed by atoms with van der Waals surface area (Å²) in [5, 5.41) is 3.01. The molecule has 106 valence electrons. The van der Waals surface area contributed by atoms with Crippen molar-refractivity contribution in [2.45, 2.75) is 31.7 Å². The van der Waals surface area contributed by atoms with Crippen LogP contribution in [-0.4, -0.2) is 18.5 Å². The molecule has 1 aromatic rings. The molecule has 3 N–H and O–H groups in total. The lowest BCUT2D eigenvalue weighted by Gasteiger charge is -2.19. The van der Waals surface area contributed by atoms with Gasteiger partial charge in [0.2, 0.25) is 5.91 Å². The van der Waals surface area contributed by atoms with Crippen LogP contribution < -0.4 is 11.1 Å². The number of rotatable bonds is 4.